The van der Waals surface area contributed by atoms with E-state index in [2.05, 4.69) is 19.7 Å². The van der Waals surface area contributed by atoms with Crippen LogP contribution in [0, 0.1) is 18.6 Å². The Morgan fingerprint density at radius 2 is 1.70 bits per heavy atom. The first-order valence-corrected chi connectivity index (χ1v) is 12.7. The number of rotatable bonds is 2. The molecule has 0 unspecified atom stereocenters. The maximum absolute atomic E-state index is 15.4. The van der Waals surface area contributed by atoms with Crippen molar-refractivity contribution in [3.05, 3.63) is 86.8 Å². The average molecular weight is 421 g/mol. The number of aryl methyl sites for hydroxylation is 1. The van der Waals surface area contributed by atoms with Crippen molar-refractivity contribution in [2.24, 2.45) is 0 Å². The van der Waals surface area contributed by atoms with Crippen LogP contribution in [0.15, 0.2) is 42.5 Å². The Morgan fingerprint density at radius 3 is 2.37 bits per heavy atom. The fraction of sp³-hybridized carbons (Fsp3) is 0.160. The van der Waals surface area contributed by atoms with Gasteiger partial charge in [-0.25, -0.2) is 8.78 Å². The molecular formula is C25H22F2O2Si. The molecule has 2 nitrogen and oxygen atoms in total. The summed E-state index contributed by atoms with van der Waals surface area (Å²) < 4.78 is 30.2. The molecule has 0 amide bonds. The largest absolute Gasteiger partial charge is 0.508 e. The van der Waals surface area contributed by atoms with Gasteiger partial charge in [0.15, 0.2) is 17.4 Å². The predicted octanol–water partition coefficient (Wildman–Crippen LogP) is 2.98. The minimum absolute atomic E-state index is 0.137. The number of fused-ring (bicyclic) bond motifs is 2. The lowest BCUT2D eigenvalue weighted by atomic mass is 9.89. The summed E-state index contributed by atoms with van der Waals surface area (Å²) >= 11 is 0. The summed E-state index contributed by atoms with van der Waals surface area (Å²) in [6.45, 7) is 11.3. The van der Waals surface area contributed by atoms with Crippen LogP contribution in [0.25, 0.3) is 12.2 Å². The highest BCUT2D eigenvalue weighted by Crippen LogP contribution is 2.32. The number of hydrogen-bond acceptors (Lipinski definition) is 2. The molecule has 1 N–H and O–H groups in total. The maximum Gasteiger partial charge on any atom is 0.170 e. The van der Waals surface area contributed by atoms with Crippen molar-refractivity contribution in [2.75, 3.05) is 0 Å². The van der Waals surface area contributed by atoms with Crippen LogP contribution in [-0.2, 0) is 0 Å². The van der Waals surface area contributed by atoms with Crippen molar-refractivity contribution in [3.63, 3.8) is 0 Å². The van der Waals surface area contributed by atoms with Gasteiger partial charge in [-0.2, -0.15) is 0 Å². The van der Waals surface area contributed by atoms with Crippen LogP contribution in [0.1, 0.15) is 34.0 Å². The summed E-state index contributed by atoms with van der Waals surface area (Å²) in [4.78, 5) is 11.8. The number of carbonyl (C=O) groups is 1. The molecule has 30 heavy (non-hydrogen) atoms. The second-order valence-electron chi connectivity index (χ2n) is 8.41. The number of Topliss-reactive ketones (excluding diaryl/α,β-unsaturated/α-hetero) is 1. The van der Waals surface area contributed by atoms with E-state index in [-0.39, 0.29) is 16.9 Å². The van der Waals surface area contributed by atoms with E-state index in [9.17, 15) is 14.3 Å². The van der Waals surface area contributed by atoms with Gasteiger partial charge in [0.2, 0.25) is 0 Å². The molecule has 0 radical (unpaired) electrons. The third-order valence-corrected chi connectivity index (χ3v) is 9.53. The quantitative estimate of drug-likeness (QED) is 0.511. The standard InChI is InChI=1S/C25H22F2O2Si/c1-13-6-8-17-20(10-13)30(4,5)21-12-16(29)7-9-18(21)23(17)22-14(2)11-19(15(3)28)24(26)25(22)27/h6-12,29H,1H2,2-5H3. The number of aromatic hydroxyl groups is 1. The van der Waals surface area contributed by atoms with Gasteiger partial charge in [0.25, 0.3) is 0 Å². The topological polar surface area (TPSA) is 37.3 Å². The van der Waals surface area contributed by atoms with Crippen molar-refractivity contribution in [3.8, 4) is 5.75 Å². The first-order chi connectivity index (χ1) is 14.0. The molecule has 0 bridgehead atoms. The molecule has 1 aliphatic heterocycles. The zero-order valence-corrected chi connectivity index (χ0v) is 18.4. The molecule has 0 atom stereocenters. The van der Waals surface area contributed by atoms with Crippen LogP contribution in [-0.4, -0.2) is 19.0 Å². The highest BCUT2D eigenvalue weighted by molar-refractivity contribution is 7.01. The summed E-state index contributed by atoms with van der Waals surface area (Å²) in [6.07, 6.45) is 0. The Balaban J connectivity index is 2.24. The van der Waals surface area contributed by atoms with Crippen molar-refractivity contribution in [1.29, 1.82) is 0 Å². The smallest absolute Gasteiger partial charge is 0.170 e. The SMILES string of the molecule is C=c1ccc2c(c1)[Si](C)(C)c1cc(O)ccc1C=2c1c(C)cc(C(C)=O)c(F)c1F. The summed E-state index contributed by atoms with van der Waals surface area (Å²) in [6, 6.07) is 12.3. The van der Waals surface area contributed by atoms with Gasteiger partial charge in [-0.1, -0.05) is 43.9 Å². The predicted molar refractivity (Wildman–Crippen MR) is 119 cm³/mol. The second-order valence-corrected chi connectivity index (χ2v) is 12.7. The fourth-order valence-electron chi connectivity index (χ4n) is 4.47. The van der Waals surface area contributed by atoms with E-state index in [0.29, 0.717) is 11.1 Å². The van der Waals surface area contributed by atoms with Crippen LogP contribution < -0.4 is 20.8 Å². The van der Waals surface area contributed by atoms with E-state index >= 15 is 4.39 Å². The van der Waals surface area contributed by atoms with Gasteiger partial charge in [-0.05, 0) is 69.6 Å². The lowest BCUT2D eigenvalue weighted by Gasteiger charge is -2.33. The zero-order chi connectivity index (χ0) is 22.0. The minimum atomic E-state index is -2.24. The second kappa shape index (κ2) is 6.74. The number of phenols is 1. The van der Waals surface area contributed by atoms with Crippen molar-refractivity contribution in [2.45, 2.75) is 26.9 Å². The van der Waals surface area contributed by atoms with Gasteiger partial charge in [0, 0.05) is 5.56 Å². The van der Waals surface area contributed by atoms with Crippen LogP contribution in [0.5, 0.6) is 5.75 Å². The Hall–Kier alpha value is -3.05. The number of halogens is 2. The van der Waals surface area contributed by atoms with E-state index in [1.165, 1.54) is 13.0 Å². The molecule has 3 aromatic carbocycles. The van der Waals surface area contributed by atoms with Crippen LogP contribution in [0.3, 0.4) is 0 Å². The van der Waals surface area contributed by atoms with Gasteiger partial charge in [0.05, 0.1) is 5.56 Å². The fourth-order valence-corrected chi connectivity index (χ4v) is 7.58. The number of carbonyl (C=O) groups excluding carboxylic acids is 1. The monoisotopic (exact) mass is 420 g/mol. The normalized spacial score (nSPS) is 14.3. The molecule has 152 valence electrons. The molecule has 1 heterocycles. The van der Waals surface area contributed by atoms with E-state index in [1.54, 1.807) is 25.1 Å². The molecule has 4 rings (SSSR count). The number of benzene rings is 3. The Labute approximate surface area is 174 Å². The lowest BCUT2D eigenvalue weighted by molar-refractivity contribution is 0.101. The van der Waals surface area contributed by atoms with E-state index in [4.69, 9.17) is 0 Å². The molecule has 3 aromatic rings. The van der Waals surface area contributed by atoms with Gasteiger partial charge in [-0.3, -0.25) is 4.79 Å². The third-order valence-electron chi connectivity index (χ3n) is 6.01. The Bertz CT molecular complexity index is 1360. The van der Waals surface area contributed by atoms with Crippen molar-refractivity contribution < 1.29 is 18.7 Å². The van der Waals surface area contributed by atoms with Crippen molar-refractivity contribution in [1.82, 2.24) is 0 Å². The average Bonchev–Trinajstić information content (AvgIpc) is 2.67. The molecule has 0 aliphatic carbocycles. The molecule has 1 aliphatic rings. The van der Waals surface area contributed by atoms with Crippen LogP contribution in [0.4, 0.5) is 8.78 Å². The van der Waals surface area contributed by atoms with Gasteiger partial charge >= 0.3 is 0 Å². The lowest BCUT2D eigenvalue weighted by Crippen LogP contribution is -2.63. The molecular weight excluding hydrogens is 398 g/mol. The molecule has 5 heteroatoms. The Kier molecular flexibility index (Phi) is 4.54. The van der Waals surface area contributed by atoms with Crippen LogP contribution >= 0.6 is 0 Å². The number of ketones is 1. The van der Waals surface area contributed by atoms with E-state index in [0.717, 1.165) is 26.4 Å². The number of hydrogen-bond donors (Lipinski definition) is 1. The molecule has 0 saturated heterocycles. The van der Waals surface area contributed by atoms with Crippen LogP contribution in [0.2, 0.25) is 13.1 Å². The highest BCUT2D eigenvalue weighted by atomic mass is 28.3. The first-order valence-electron chi connectivity index (χ1n) is 9.71. The third kappa shape index (κ3) is 2.84. The number of phenolic OH excluding ortho intramolecular Hbond substituents is 1. The zero-order valence-electron chi connectivity index (χ0n) is 17.4. The van der Waals surface area contributed by atoms with Gasteiger partial charge in [-0.15, -0.1) is 0 Å². The summed E-state index contributed by atoms with van der Waals surface area (Å²) in [5.41, 5.74) is 1.74. The van der Waals surface area contributed by atoms with Gasteiger partial charge in [0.1, 0.15) is 13.8 Å². The molecule has 0 saturated carbocycles. The molecule has 0 fully saturated rings. The van der Waals surface area contributed by atoms with E-state index < -0.39 is 25.5 Å². The minimum Gasteiger partial charge on any atom is -0.508 e. The Morgan fingerprint density at radius 1 is 1.00 bits per heavy atom. The van der Waals surface area contributed by atoms with Crippen molar-refractivity contribution >= 4 is 36.4 Å². The highest BCUT2D eigenvalue weighted by Gasteiger charge is 2.36. The molecule has 0 aromatic heterocycles. The molecule has 0 spiro atoms. The van der Waals surface area contributed by atoms with E-state index in [1.807, 2.05) is 18.2 Å². The first kappa shape index (κ1) is 20.2. The summed E-state index contributed by atoms with van der Waals surface area (Å²) in [5.74, 6) is -2.54. The maximum atomic E-state index is 15.4. The van der Waals surface area contributed by atoms with Gasteiger partial charge < -0.3 is 5.11 Å². The summed E-state index contributed by atoms with van der Waals surface area (Å²) in [7, 11) is -2.24. The summed E-state index contributed by atoms with van der Waals surface area (Å²) in [5, 5.41) is 13.8.